The molecule has 4 atom stereocenters. The Balaban J connectivity index is 1.35. The maximum atomic E-state index is 13.1. The summed E-state index contributed by atoms with van der Waals surface area (Å²) in [6.07, 6.45) is 6.95. The number of rotatable bonds is 4. The molecule has 6 nitrogen and oxygen atoms in total. The number of ether oxygens (including phenoxy) is 1. The van der Waals surface area contributed by atoms with Crippen molar-refractivity contribution in [2.24, 2.45) is 5.92 Å². The first-order valence-corrected chi connectivity index (χ1v) is 11.2. The van der Waals surface area contributed by atoms with Gasteiger partial charge in [-0.25, -0.2) is 4.79 Å². The number of aliphatic hydroxyl groups excluding tert-OH is 1. The number of benzene rings is 1. The Hall–Kier alpha value is -2.34. The predicted octanol–water partition coefficient (Wildman–Crippen LogP) is 3.20. The molecule has 2 saturated heterocycles. The summed E-state index contributed by atoms with van der Waals surface area (Å²) in [5, 5.41) is 10.5. The van der Waals surface area contributed by atoms with Gasteiger partial charge in [0.2, 0.25) is 0 Å². The van der Waals surface area contributed by atoms with E-state index >= 15 is 0 Å². The van der Waals surface area contributed by atoms with Crippen molar-refractivity contribution in [2.75, 3.05) is 6.61 Å². The fourth-order valence-electron chi connectivity index (χ4n) is 5.76. The highest BCUT2D eigenvalue weighted by atomic mass is 16.5. The minimum absolute atomic E-state index is 0.00544. The molecule has 2 aromatic rings. The molecule has 6 heteroatoms. The first kappa shape index (κ1) is 19.6. The van der Waals surface area contributed by atoms with Gasteiger partial charge in [-0.05, 0) is 81.9 Å². The predicted molar refractivity (Wildman–Crippen MR) is 113 cm³/mol. The second-order valence-corrected chi connectivity index (χ2v) is 9.12. The molecule has 0 radical (unpaired) electrons. The standard InChI is InChI=1S/C24H29NO5/c1-14(23(27)25-16-6-7-17(25)11-15(10-16)13-26)29-18-8-9-20-19-4-2-3-5-21(19)24(28)30-22(20)12-18/h8-9,12,14-17,26H,2-7,10-11,13H2,1H3/t14?,15?,16-,17+. The Labute approximate surface area is 175 Å². The van der Waals surface area contributed by atoms with Crippen LogP contribution >= 0.6 is 0 Å². The number of nitrogens with zero attached hydrogens (tertiary/aromatic N) is 1. The van der Waals surface area contributed by atoms with E-state index in [4.69, 9.17) is 9.15 Å². The lowest BCUT2D eigenvalue weighted by Gasteiger charge is -2.39. The monoisotopic (exact) mass is 411 g/mol. The Morgan fingerprint density at radius 3 is 2.60 bits per heavy atom. The summed E-state index contributed by atoms with van der Waals surface area (Å²) in [5.41, 5.74) is 2.20. The van der Waals surface area contributed by atoms with Crippen LogP contribution in [0.5, 0.6) is 5.75 Å². The molecule has 2 bridgehead atoms. The molecule has 1 aliphatic carbocycles. The van der Waals surface area contributed by atoms with Crippen LogP contribution in [0.2, 0.25) is 0 Å². The lowest BCUT2D eigenvalue weighted by Crippen LogP contribution is -2.51. The molecule has 3 aliphatic rings. The topological polar surface area (TPSA) is 80.0 Å². The zero-order valence-corrected chi connectivity index (χ0v) is 17.4. The molecule has 3 heterocycles. The van der Waals surface area contributed by atoms with E-state index in [0.29, 0.717) is 17.3 Å². The molecule has 1 N–H and O–H groups in total. The van der Waals surface area contributed by atoms with E-state index in [1.807, 2.05) is 17.0 Å². The van der Waals surface area contributed by atoms with Crippen LogP contribution in [0, 0.1) is 5.92 Å². The molecule has 5 rings (SSSR count). The first-order chi connectivity index (χ1) is 14.5. The quantitative estimate of drug-likeness (QED) is 0.782. The minimum Gasteiger partial charge on any atom is -0.481 e. The van der Waals surface area contributed by atoms with Crippen molar-refractivity contribution < 1.29 is 19.1 Å². The molecular weight excluding hydrogens is 382 g/mol. The van der Waals surface area contributed by atoms with Crippen molar-refractivity contribution in [3.05, 3.63) is 39.7 Å². The number of hydrogen-bond donors (Lipinski definition) is 1. The van der Waals surface area contributed by atoms with Crippen molar-refractivity contribution in [1.29, 1.82) is 0 Å². The Morgan fingerprint density at radius 2 is 1.90 bits per heavy atom. The number of fused-ring (bicyclic) bond motifs is 5. The highest BCUT2D eigenvalue weighted by Crippen LogP contribution is 2.39. The van der Waals surface area contributed by atoms with Crippen LogP contribution in [-0.2, 0) is 17.6 Å². The smallest absolute Gasteiger partial charge is 0.339 e. The molecule has 160 valence electrons. The lowest BCUT2D eigenvalue weighted by molar-refractivity contribution is -0.143. The molecule has 0 saturated carbocycles. The van der Waals surface area contributed by atoms with Crippen LogP contribution in [-0.4, -0.2) is 40.7 Å². The summed E-state index contributed by atoms with van der Waals surface area (Å²) >= 11 is 0. The zero-order valence-electron chi connectivity index (χ0n) is 17.4. The van der Waals surface area contributed by atoms with Gasteiger partial charge in [0.1, 0.15) is 11.3 Å². The van der Waals surface area contributed by atoms with Crippen molar-refractivity contribution in [2.45, 2.75) is 76.5 Å². The van der Waals surface area contributed by atoms with Crippen molar-refractivity contribution in [3.8, 4) is 5.75 Å². The summed E-state index contributed by atoms with van der Waals surface area (Å²) in [6.45, 7) is 1.99. The number of piperidine rings is 1. The van der Waals surface area contributed by atoms with Crippen molar-refractivity contribution >= 4 is 16.9 Å². The Bertz CT molecular complexity index is 1010. The van der Waals surface area contributed by atoms with E-state index < -0.39 is 6.10 Å². The van der Waals surface area contributed by atoms with Gasteiger partial charge in [0.25, 0.3) is 5.91 Å². The highest BCUT2D eigenvalue weighted by molar-refractivity contribution is 5.84. The van der Waals surface area contributed by atoms with E-state index in [1.165, 1.54) is 0 Å². The fourth-order valence-corrected chi connectivity index (χ4v) is 5.76. The summed E-state index contributed by atoms with van der Waals surface area (Å²) in [7, 11) is 0. The van der Waals surface area contributed by atoms with Gasteiger partial charge in [-0.3, -0.25) is 4.79 Å². The van der Waals surface area contributed by atoms with Crippen LogP contribution in [0.4, 0.5) is 0 Å². The van der Waals surface area contributed by atoms with Gasteiger partial charge in [-0.15, -0.1) is 0 Å². The highest BCUT2D eigenvalue weighted by Gasteiger charge is 2.44. The van der Waals surface area contributed by atoms with E-state index in [2.05, 4.69) is 0 Å². The van der Waals surface area contributed by atoms with Crippen LogP contribution in [0.1, 0.15) is 56.6 Å². The van der Waals surface area contributed by atoms with Gasteiger partial charge in [0, 0.05) is 35.7 Å². The maximum Gasteiger partial charge on any atom is 0.339 e. The number of aliphatic hydroxyl groups is 1. The number of aryl methyl sites for hydroxylation is 1. The molecule has 2 unspecified atom stereocenters. The first-order valence-electron chi connectivity index (χ1n) is 11.2. The normalized spacial score (nSPS) is 26.5. The van der Waals surface area contributed by atoms with E-state index in [9.17, 15) is 14.7 Å². The van der Waals surface area contributed by atoms with Crippen molar-refractivity contribution in [1.82, 2.24) is 4.90 Å². The van der Waals surface area contributed by atoms with Crippen molar-refractivity contribution in [3.63, 3.8) is 0 Å². The number of carbonyl (C=O) groups is 1. The molecule has 2 aliphatic heterocycles. The largest absolute Gasteiger partial charge is 0.481 e. The fraction of sp³-hybridized carbons (Fsp3) is 0.583. The third-order valence-corrected chi connectivity index (χ3v) is 7.20. The molecule has 2 fully saturated rings. The van der Waals surface area contributed by atoms with E-state index in [1.54, 1.807) is 13.0 Å². The average molecular weight is 411 g/mol. The van der Waals surface area contributed by atoms with Crippen LogP contribution in [0.3, 0.4) is 0 Å². The molecule has 1 amide bonds. The van der Waals surface area contributed by atoms with Crippen LogP contribution in [0.15, 0.2) is 27.4 Å². The third-order valence-electron chi connectivity index (χ3n) is 7.20. The maximum absolute atomic E-state index is 13.1. The van der Waals surface area contributed by atoms with Gasteiger partial charge in [0.15, 0.2) is 6.10 Å². The molecule has 0 spiro atoms. The molecule has 1 aromatic carbocycles. The Morgan fingerprint density at radius 1 is 1.20 bits per heavy atom. The average Bonchev–Trinajstić information content (AvgIpc) is 3.02. The summed E-state index contributed by atoms with van der Waals surface area (Å²) in [6, 6.07) is 5.97. The summed E-state index contributed by atoms with van der Waals surface area (Å²) < 4.78 is 11.6. The van der Waals surface area contributed by atoms with Gasteiger partial charge >= 0.3 is 5.63 Å². The second-order valence-electron chi connectivity index (χ2n) is 9.12. The summed E-state index contributed by atoms with van der Waals surface area (Å²) in [5.74, 6) is 0.850. The lowest BCUT2D eigenvalue weighted by atomic mass is 9.90. The second kappa shape index (κ2) is 7.73. The van der Waals surface area contributed by atoms with Gasteiger partial charge < -0.3 is 19.2 Å². The molecule has 30 heavy (non-hydrogen) atoms. The molecular formula is C24H29NO5. The third kappa shape index (κ3) is 3.31. The van der Waals surface area contributed by atoms with E-state index in [0.717, 1.165) is 67.9 Å². The number of carbonyl (C=O) groups excluding carboxylic acids is 1. The van der Waals surface area contributed by atoms with Crippen LogP contribution < -0.4 is 10.4 Å². The molecule has 1 aromatic heterocycles. The SMILES string of the molecule is CC(Oc1ccc2c3c(c(=O)oc2c1)CCCC3)C(=O)N1[C@@H]2CC[C@H]1CC(CO)C2. The number of hydrogen-bond acceptors (Lipinski definition) is 5. The zero-order chi connectivity index (χ0) is 20.8. The van der Waals surface area contributed by atoms with E-state index in [-0.39, 0.29) is 30.2 Å². The minimum atomic E-state index is -0.611. The van der Waals surface area contributed by atoms with Gasteiger partial charge in [-0.1, -0.05) is 0 Å². The summed E-state index contributed by atoms with van der Waals surface area (Å²) in [4.78, 5) is 27.5. The van der Waals surface area contributed by atoms with Crippen LogP contribution in [0.25, 0.3) is 11.0 Å². The number of amides is 1. The Kier molecular flexibility index (Phi) is 5.05. The van der Waals surface area contributed by atoms with Gasteiger partial charge in [-0.2, -0.15) is 0 Å². The van der Waals surface area contributed by atoms with Gasteiger partial charge in [0.05, 0.1) is 0 Å².